The molecular formula is C17H27ClN2O. The topological polar surface area (TPSA) is 15.7 Å². The van der Waals surface area contributed by atoms with E-state index < -0.39 is 0 Å². The summed E-state index contributed by atoms with van der Waals surface area (Å²) < 4.78 is 5.69. The Hall–Kier alpha value is -0.770. The molecule has 3 nitrogen and oxygen atoms in total. The highest BCUT2D eigenvalue weighted by molar-refractivity contribution is 6.30. The molecule has 1 aromatic rings. The second-order valence-corrected chi connectivity index (χ2v) is 6.30. The third-order valence-corrected chi connectivity index (χ3v) is 4.26. The van der Waals surface area contributed by atoms with Crippen molar-refractivity contribution in [1.82, 2.24) is 9.80 Å². The molecule has 0 radical (unpaired) electrons. The predicted octanol–water partition coefficient (Wildman–Crippen LogP) is 3.53. The summed E-state index contributed by atoms with van der Waals surface area (Å²) in [5.74, 6) is 0.875. The van der Waals surface area contributed by atoms with Gasteiger partial charge in [0.1, 0.15) is 5.75 Å². The smallest absolute Gasteiger partial charge is 0.120 e. The Morgan fingerprint density at radius 3 is 2.57 bits per heavy atom. The van der Waals surface area contributed by atoms with Crippen LogP contribution < -0.4 is 4.74 Å². The number of nitrogens with zero attached hydrogens (tertiary/aromatic N) is 2. The molecule has 1 fully saturated rings. The summed E-state index contributed by atoms with van der Waals surface area (Å²) in [4.78, 5) is 4.99. The minimum atomic E-state index is 0.736. The van der Waals surface area contributed by atoms with Crippen LogP contribution in [0, 0.1) is 0 Å². The molecule has 4 heteroatoms. The van der Waals surface area contributed by atoms with E-state index in [-0.39, 0.29) is 0 Å². The Bertz CT molecular complexity index is 406. The van der Waals surface area contributed by atoms with E-state index in [4.69, 9.17) is 16.3 Å². The van der Waals surface area contributed by atoms with E-state index in [0.717, 1.165) is 23.8 Å². The molecule has 0 aliphatic carbocycles. The minimum absolute atomic E-state index is 0.736. The maximum Gasteiger partial charge on any atom is 0.120 e. The number of hydrogen-bond acceptors (Lipinski definition) is 3. The molecule has 0 unspecified atom stereocenters. The summed E-state index contributed by atoms with van der Waals surface area (Å²) in [6, 6.07) is 7.62. The highest BCUT2D eigenvalue weighted by Crippen LogP contribution is 2.17. The maximum absolute atomic E-state index is 5.92. The number of halogens is 1. The van der Waals surface area contributed by atoms with Crippen LogP contribution in [-0.2, 0) is 0 Å². The molecule has 0 saturated carbocycles. The van der Waals surface area contributed by atoms with Crippen molar-refractivity contribution in [2.24, 2.45) is 0 Å². The third-order valence-electron chi connectivity index (χ3n) is 4.03. The van der Waals surface area contributed by atoms with E-state index >= 15 is 0 Å². The van der Waals surface area contributed by atoms with E-state index in [1.165, 1.54) is 52.0 Å². The van der Waals surface area contributed by atoms with Gasteiger partial charge < -0.3 is 14.5 Å². The molecule has 0 N–H and O–H groups in total. The van der Waals surface area contributed by atoms with Gasteiger partial charge in [-0.2, -0.15) is 0 Å². The van der Waals surface area contributed by atoms with Crippen molar-refractivity contribution in [2.45, 2.75) is 25.7 Å². The van der Waals surface area contributed by atoms with Gasteiger partial charge in [0.25, 0.3) is 0 Å². The SMILES string of the molecule is CN1CCN(CCCCCCOc2cccc(Cl)c2)CC1. The van der Waals surface area contributed by atoms with Gasteiger partial charge >= 0.3 is 0 Å². The van der Waals surface area contributed by atoms with E-state index in [1.54, 1.807) is 0 Å². The zero-order valence-electron chi connectivity index (χ0n) is 13.1. The molecule has 0 amide bonds. The van der Waals surface area contributed by atoms with E-state index in [2.05, 4.69) is 16.8 Å². The number of piperazine rings is 1. The maximum atomic E-state index is 5.92. The molecule has 0 atom stereocenters. The summed E-state index contributed by atoms with van der Waals surface area (Å²) in [6.07, 6.45) is 4.97. The molecule has 1 aliphatic heterocycles. The predicted molar refractivity (Wildman–Crippen MR) is 89.4 cm³/mol. The van der Waals surface area contributed by atoms with E-state index in [0.29, 0.717) is 0 Å². The van der Waals surface area contributed by atoms with Crippen molar-refractivity contribution in [2.75, 3.05) is 46.4 Å². The first-order valence-corrected chi connectivity index (χ1v) is 8.41. The number of likely N-dealkylation sites (N-methyl/N-ethyl adjacent to an activating group) is 1. The van der Waals surface area contributed by atoms with Gasteiger partial charge in [-0.25, -0.2) is 0 Å². The Labute approximate surface area is 133 Å². The summed E-state index contributed by atoms with van der Waals surface area (Å²) in [7, 11) is 2.21. The van der Waals surface area contributed by atoms with Gasteiger partial charge in [-0.05, 0) is 44.6 Å². The van der Waals surface area contributed by atoms with Gasteiger partial charge in [0.15, 0.2) is 0 Å². The van der Waals surface area contributed by atoms with Gasteiger partial charge in [0, 0.05) is 31.2 Å². The fourth-order valence-corrected chi connectivity index (χ4v) is 2.79. The van der Waals surface area contributed by atoms with Crippen LogP contribution >= 0.6 is 11.6 Å². The van der Waals surface area contributed by atoms with Crippen LogP contribution in [0.4, 0.5) is 0 Å². The number of ether oxygens (including phenoxy) is 1. The lowest BCUT2D eigenvalue weighted by Gasteiger charge is -2.32. The van der Waals surface area contributed by atoms with Crippen LogP contribution in [0.3, 0.4) is 0 Å². The normalized spacial score (nSPS) is 17.0. The Morgan fingerprint density at radius 1 is 1.05 bits per heavy atom. The van der Waals surface area contributed by atoms with Gasteiger partial charge in [-0.3, -0.25) is 0 Å². The first-order chi connectivity index (χ1) is 10.2. The quantitative estimate of drug-likeness (QED) is 0.683. The Kier molecular flexibility index (Phi) is 7.34. The standard InChI is InChI=1S/C17H27ClN2O/c1-19-10-12-20(13-11-19)9-4-2-3-5-14-21-17-8-6-7-16(18)15-17/h6-8,15H,2-5,9-14H2,1H3. The Balaban J connectivity index is 1.45. The Morgan fingerprint density at radius 2 is 1.81 bits per heavy atom. The number of benzene rings is 1. The van der Waals surface area contributed by atoms with Gasteiger partial charge in [-0.15, -0.1) is 0 Å². The summed E-state index contributed by atoms with van der Waals surface area (Å²) in [6.45, 7) is 6.93. The van der Waals surface area contributed by atoms with Gasteiger partial charge in [-0.1, -0.05) is 30.5 Å². The van der Waals surface area contributed by atoms with Gasteiger partial charge in [0.2, 0.25) is 0 Å². The molecule has 0 aromatic heterocycles. The van der Waals surface area contributed by atoms with Gasteiger partial charge in [0.05, 0.1) is 6.61 Å². The van der Waals surface area contributed by atoms with Crippen LogP contribution in [-0.4, -0.2) is 56.2 Å². The molecule has 1 aliphatic rings. The van der Waals surface area contributed by atoms with Crippen molar-refractivity contribution in [1.29, 1.82) is 0 Å². The number of unbranched alkanes of at least 4 members (excludes halogenated alkanes) is 3. The van der Waals surface area contributed by atoms with Crippen molar-refractivity contribution in [3.05, 3.63) is 29.3 Å². The van der Waals surface area contributed by atoms with Crippen LogP contribution in [0.25, 0.3) is 0 Å². The zero-order valence-corrected chi connectivity index (χ0v) is 13.8. The lowest BCUT2D eigenvalue weighted by Crippen LogP contribution is -2.44. The third kappa shape index (κ3) is 6.68. The van der Waals surface area contributed by atoms with Crippen LogP contribution in [0.5, 0.6) is 5.75 Å². The van der Waals surface area contributed by atoms with Crippen molar-refractivity contribution in [3.8, 4) is 5.75 Å². The number of rotatable bonds is 8. The highest BCUT2D eigenvalue weighted by Gasteiger charge is 2.12. The minimum Gasteiger partial charge on any atom is -0.494 e. The molecule has 2 rings (SSSR count). The van der Waals surface area contributed by atoms with E-state index in [9.17, 15) is 0 Å². The van der Waals surface area contributed by atoms with Crippen LogP contribution in [0.2, 0.25) is 5.02 Å². The van der Waals surface area contributed by atoms with Crippen molar-refractivity contribution in [3.63, 3.8) is 0 Å². The van der Waals surface area contributed by atoms with Crippen LogP contribution in [0.1, 0.15) is 25.7 Å². The molecule has 1 heterocycles. The molecule has 1 saturated heterocycles. The molecule has 0 spiro atoms. The fraction of sp³-hybridized carbons (Fsp3) is 0.647. The monoisotopic (exact) mass is 310 g/mol. The zero-order chi connectivity index (χ0) is 14.9. The molecule has 118 valence electrons. The average molecular weight is 311 g/mol. The second kappa shape index (κ2) is 9.29. The van der Waals surface area contributed by atoms with E-state index in [1.807, 2.05) is 24.3 Å². The highest BCUT2D eigenvalue weighted by atomic mass is 35.5. The molecule has 21 heavy (non-hydrogen) atoms. The largest absolute Gasteiger partial charge is 0.494 e. The lowest BCUT2D eigenvalue weighted by molar-refractivity contribution is 0.151. The first kappa shape index (κ1) is 16.6. The molecular weight excluding hydrogens is 284 g/mol. The lowest BCUT2D eigenvalue weighted by atomic mass is 10.2. The summed E-state index contributed by atoms with van der Waals surface area (Å²) in [5, 5.41) is 0.736. The van der Waals surface area contributed by atoms with Crippen molar-refractivity contribution >= 4 is 11.6 Å². The van der Waals surface area contributed by atoms with Crippen LogP contribution in [0.15, 0.2) is 24.3 Å². The molecule has 1 aromatic carbocycles. The first-order valence-electron chi connectivity index (χ1n) is 8.03. The number of hydrogen-bond donors (Lipinski definition) is 0. The summed E-state index contributed by atoms with van der Waals surface area (Å²) in [5.41, 5.74) is 0. The summed E-state index contributed by atoms with van der Waals surface area (Å²) >= 11 is 5.92. The second-order valence-electron chi connectivity index (χ2n) is 5.86. The fourth-order valence-electron chi connectivity index (χ4n) is 2.61. The average Bonchev–Trinajstić information content (AvgIpc) is 2.48. The van der Waals surface area contributed by atoms with Crippen molar-refractivity contribution < 1.29 is 4.74 Å². The molecule has 0 bridgehead atoms.